The normalized spacial score (nSPS) is 15.2. The number of ether oxygens (including phenoxy) is 2. The predicted octanol–water partition coefficient (Wildman–Crippen LogP) is 3.43. The number of hydrogen-bond donors (Lipinski definition) is 2. The number of aromatic nitrogens is 2. The molecule has 168 valence electrons. The molecule has 0 bridgehead atoms. The van der Waals surface area contributed by atoms with Crippen LogP contribution >= 0.6 is 24.0 Å². The van der Waals surface area contributed by atoms with E-state index in [0.717, 1.165) is 89.8 Å². The molecule has 3 rings (SSSR count). The minimum atomic E-state index is 0. The first kappa shape index (κ1) is 24.9. The summed E-state index contributed by atoms with van der Waals surface area (Å²) in [7, 11) is 0. The molecule has 1 fully saturated rings. The highest BCUT2D eigenvalue weighted by molar-refractivity contribution is 14.0. The van der Waals surface area contributed by atoms with Crippen molar-refractivity contribution < 1.29 is 9.47 Å². The average molecular weight is 529 g/mol. The molecule has 8 heteroatoms. The molecule has 1 aliphatic rings. The number of para-hydroxylation sites is 2. The first-order chi connectivity index (χ1) is 14.4. The van der Waals surface area contributed by atoms with Crippen LogP contribution in [-0.4, -0.2) is 61.6 Å². The molecule has 0 atom stereocenters. The molecule has 7 nitrogen and oxygen atoms in total. The van der Waals surface area contributed by atoms with Gasteiger partial charge in [-0.25, -0.2) is 4.98 Å². The summed E-state index contributed by atoms with van der Waals surface area (Å²) in [5.74, 6) is 1.55. The van der Waals surface area contributed by atoms with Crippen LogP contribution in [0.2, 0.25) is 0 Å². The number of fused-ring (bicyclic) bond motifs is 1. The third-order valence-corrected chi connectivity index (χ3v) is 5.15. The van der Waals surface area contributed by atoms with Crippen LogP contribution in [0.3, 0.4) is 0 Å². The second-order valence-electron chi connectivity index (χ2n) is 7.45. The molecule has 2 aromatic rings. The SMILES string of the molecule is CCNC(=NCCCn1cnc2ccccc21)NCCCOCC1CCOCC1.I. The van der Waals surface area contributed by atoms with E-state index in [2.05, 4.69) is 39.2 Å². The van der Waals surface area contributed by atoms with Crippen molar-refractivity contribution in [2.24, 2.45) is 10.9 Å². The van der Waals surface area contributed by atoms with Gasteiger partial charge in [0.15, 0.2) is 5.96 Å². The zero-order valence-corrected chi connectivity index (χ0v) is 20.3. The van der Waals surface area contributed by atoms with E-state index in [9.17, 15) is 0 Å². The maximum atomic E-state index is 5.83. The van der Waals surface area contributed by atoms with Gasteiger partial charge in [0.2, 0.25) is 0 Å². The van der Waals surface area contributed by atoms with Crippen molar-refractivity contribution in [2.45, 2.75) is 39.2 Å². The van der Waals surface area contributed by atoms with E-state index in [-0.39, 0.29) is 24.0 Å². The topological polar surface area (TPSA) is 72.7 Å². The summed E-state index contributed by atoms with van der Waals surface area (Å²) >= 11 is 0. The maximum absolute atomic E-state index is 5.83. The van der Waals surface area contributed by atoms with Crippen molar-refractivity contribution in [1.82, 2.24) is 20.2 Å². The van der Waals surface area contributed by atoms with Gasteiger partial charge in [-0.05, 0) is 50.7 Å². The Hall–Kier alpha value is -1.39. The third-order valence-electron chi connectivity index (χ3n) is 5.15. The van der Waals surface area contributed by atoms with Crippen molar-refractivity contribution in [3.05, 3.63) is 30.6 Å². The molecule has 30 heavy (non-hydrogen) atoms. The quantitative estimate of drug-likeness (QED) is 0.202. The lowest BCUT2D eigenvalue weighted by Crippen LogP contribution is -2.38. The van der Waals surface area contributed by atoms with Gasteiger partial charge in [-0.1, -0.05) is 12.1 Å². The van der Waals surface area contributed by atoms with Crippen LogP contribution in [0.25, 0.3) is 11.0 Å². The van der Waals surface area contributed by atoms with Gasteiger partial charge in [0, 0.05) is 52.6 Å². The number of halogens is 1. The van der Waals surface area contributed by atoms with E-state index in [1.165, 1.54) is 5.52 Å². The van der Waals surface area contributed by atoms with Crippen LogP contribution in [0.1, 0.15) is 32.6 Å². The van der Waals surface area contributed by atoms with Crippen LogP contribution in [0.4, 0.5) is 0 Å². The fourth-order valence-corrected chi connectivity index (χ4v) is 3.51. The summed E-state index contributed by atoms with van der Waals surface area (Å²) in [5.41, 5.74) is 2.23. The zero-order valence-electron chi connectivity index (χ0n) is 18.0. The van der Waals surface area contributed by atoms with Gasteiger partial charge in [-0.2, -0.15) is 0 Å². The molecule has 0 saturated carbocycles. The van der Waals surface area contributed by atoms with Gasteiger partial charge < -0.3 is 24.7 Å². The molecule has 1 aromatic heterocycles. The molecule has 0 radical (unpaired) electrons. The first-order valence-electron chi connectivity index (χ1n) is 10.9. The molecule has 0 spiro atoms. The molecule has 0 unspecified atom stereocenters. The van der Waals surface area contributed by atoms with Crippen LogP contribution in [0.5, 0.6) is 0 Å². The van der Waals surface area contributed by atoms with Crippen molar-refractivity contribution >= 4 is 41.0 Å². The highest BCUT2D eigenvalue weighted by Crippen LogP contribution is 2.14. The minimum Gasteiger partial charge on any atom is -0.381 e. The summed E-state index contributed by atoms with van der Waals surface area (Å²) in [4.78, 5) is 9.13. The Balaban J connectivity index is 0.00000320. The van der Waals surface area contributed by atoms with Crippen molar-refractivity contribution in [3.8, 4) is 0 Å². The van der Waals surface area contributed by atoms with Gasteiger partial charge in [0.05, 0.1) is 17.4 Å². The van der Waals surface area contributed by atoms with E-state index in [1.54, 1.807) is 0 Å². The summed E-state index contributed by atoms with van der Waals surface area (Å²) < 4.78 is 13.4. The lowest BCUT2D eigenvalue weighted by molar-refractivity contribution is 0.0203. The highest BCUT2D eigenvalue weighted by Gasteiger charge is 2.13. The van der Waals surface area contributed by atoms with Gasteiger partial charge in [0.1, 0.15) is 0 Å². The lowest BCUT2D eigenvalue weighted by atomic mass is 10.0. The monoisotopic (exact) mass is 529 g/mol. The Bertz CT molecular complexity index is 746. The molecular weight excluding hydrogens is 493 g/mol. The third kappa shape index (κ3) is 8.39. The predicted molar refractivity (Wildman–Crippen MR) is 133 cm³/mol. The second-order valence-corrected chi connectivity index (χ2v) is 7.45. The minimum absolute atomic E-state index is 0. The number of imidazole rings is 1. The number of hydrogen-bond acceptors (Lipinski definition) is 4. The van der Waals surface area contributed by atoms with Gasteiger partial charge in [-0.3, -0.25) is 4.99 Å². The van der Waals surface area contributed by atoms with Crippen LogP contribution < -0.4 is 10.6 Å². The summed E-state index contributed by atoms with van der Waals surface area (Å²) in [6.45, 7) is 8.93. The molecule has 2 N–H and O–H groups in total. The average Bonchev–Trinajstić information content (AvgIpc) is 3.17. The molecule has 0 amide bonds. The Labute approximate surface area is 197 Å². The number of rotatable bonds is 11. The van der Waals surface area contributed by atoms with E-state index < -0.39 is 0 Å². The van der Waals surface area contributed by atoms with Crippen LogP contribution in [-0.2, 0) is 16.0 Å². The van der Waals surface area contributed by atoms with E-state index in [1.807, 2.05) is 18.5 Å². The maximum Gasteiger partial charge on any atom is 0.191 e. The number of benzene rings is 1. The summed E-state index contributed by atoms with van der Waals surface area (Å²) in [6.07, 6.45) is 6.13. The fraction of sp³-hybridized carbons (Fsp3) is 0.636. The van der Waals surface area contributed by atoms with Crippen molar-refractivity contribution in [1.29, 1.82) is 0 Å². The number of aryl methyl sites for hydroxylation is 1. The number of nitrogens with zero attached hydrogens (tertiary/aromatic N) is 3. The second kappa shape index (κ2) is 14.6. The smallest absolute Gasteiger partial charge is 0.191 e. The van der Waals surface area contributed by atoms with Crippen molar-refractivity contribution in [3.63, 3.8) is 0 Å². The van der Waals surface area contributed by atoms with E-state index >= 15 is 0 Å². The molecule has 0 aliphatic carbocycles. The Kier molecular flexibility index (Phi) is 12.1. The Morgan fingerprint density at radius 3 is 2.90 bits per heavy atom. The number of nitrogens with one attached hydrogen (secondary N) is 2. The summed E-state index contributed by atoms with van der Waals surface area (Å²) in [5, 5.41) is 6.72. The largest absolute Gasteiger partial charge is 0.381 e. The van der Waals surface area contributed by atoms with E-state index in [0.29, 0.717) is 5.92 Å². The highest BCUT2D eigenvalue weighted by atomic mass is 127. The van der Waals surface area contributed by atoms with Gasteiger partial charge >= 0.3 is 0 Å². The van der Waals surface area contributed by atoms with Crippen molar-refractivity contribution in [2.75, 3.05) is 46.1 Å². The first-order valence-corrected chi connectivity index (χ1v) is 10.9. The fourth-order valence-electron chi connectivity index (χ4n) is 3.51. The molecular formula is C22H36IN5O2. The zero-order chi connectivity index (χ0) is 20.2. The molecule has 1 aliphatic heterocycles. The molecule has 2 heterocycles. The van der Waals surface area contributed by atoms with Gasteiger partial charge in [-0.15, -0.1) is 24.0 Å². The summed E-state index contributed by atoms with van der Waals surface area (Å²) in [6, 6.07) is 8.24. The Morgan fingerprint density at radius 2 is 2.07 bits per heavy atom. The molecule has 1 saturated heterocycles. The van der Waals surface area contributed by atoms with Crippen LogP contribution in [0, 0.1) is 5.92 Å². The van der Waals surface area contributed by atoms with E-state index in [4.69, 9.17) is 14.5 Å². The van der Waals surface area contributed by atoms with Crippen LogP contribution in [0.15, 0.2) is 35.6 Å². The molecule has 1 aromatic carbocycles. The number of aliphatic imine (C=N–C) groups is 1. The standard InChI is InChI=1S/C22H35N5O2.HI/c1-2-23-22(25-12-6-14-29-17-19-9-15-28-16-10-19)24-11-5-13-27-18-26-20-7-3-4-8-21(20)27;/h3-4,7-8,18-19H,2,5-6,9-17H2,1H3,(H2,23,24,25);1H. The number of guanidine groups is 1. The Morgan fingerprint density at radius 1 is 1.23 bits per heavy atom. The van der Waals surface area contributed by atoms with Gasteiger partial charge in [0.25, 0.3) is 0 Å². The lowest BCUT2D eigenvalue weighted by Gasteiger charge is -2.21.